The molecular weight excluding hydrogens is 293 g/mol. The Labute approximate surface area is 127 Å². The molecule has 120 valence electrons. The van der Waals surface area contributed by atoms with E-state index < -0.39 is 29.8 Å². The van der Waals surface area contributed by atoms with Gasteiger partial charge in [0.2, 0.25) is 5.91 Å². The van der Waals surface area contributed by atoms with Crippen LogP contribution < -0.4 is 5.32 Å². The molecule has 1 aromatic rings. The highest BCUT2D eigenvalue weighted by Gasteiger charge is 2.22. The van der Waals surface area contributed by atoms with Crippen LogP contribution in [0.5, 0.6) is 0 Å². The molecule has 1 aromatic carbocycles. The lowest BCUT2D eigenvalue weighted by Gasteiger charge is -2.16. The number of hydrogen-bond donors (Lipinski definition) is 3. The van der Waals surface area contributed by atoms with Crippen LogP contribution in [0, 0.1) is 5.82 Å². The van der Waals surface area contributed by atoms with Crippen LogP contribution in [0.2, 0.25) is 0 Å². The number of nitrogens with one attached hydrogen (secondary N) is 1. The number of aliphatic carboxylic acids is 1. The molecule has 0 fully saturated rings. The number of halogens is 1. The van der Waals surface area contributed by atoms with Crippen molar-refractivity contribution in [2.75, 3.05) is 13.2 Å². The van der Waals surface area contributed by atoms with E-state index >= 15 is 0 Å². The lowest BCUT2D eigenvalue weighted by Crippen LogP contribution is -2.44. The monoisotopic (exact) mass is 311 g/mol. The van der Waals surface area contributed by atoms with Crippen LogP contribution in [0.3, 0.4) is 0 Å². The van der Waals surface area contributed by atoms with Gasteiger partial charge in [-0.2, -0.15) is 0 Å². The number of carboxylic acid groups (broad SMARTS) is 1. The number of rotatable bonds is 9. The number of amides is 1. The fourth-order valence-electron chi connectivity index (χ4n) is 1.70. The molecule has 7 heteroatoms. The van der Waals surface area contributed by atoms with E-state index in [1.807, 2.05) is 0 Å². The number of aliphatic hydroxyl groups excluding tert-OH is 1. The van der Waals surface area contributed by atoms with E-state index in [-0.39, 0.29) is 25.2 Å². The molecule has 0 bridgehead atoms. The zero-order valence-electron chi connectivity index (χ0n) is 11.9. The van der Waals surface area contributed by atoms with E-state index in [1.54, 1.807) is 0 Å². The van der Waals surface area contributed by atoms with Crippen molar-refractivity contribution in [2.45, 2.75) is 18.6 Å². The quantitative estimate of drug-likeness (QED) is 0.467. The second-order valence-corrected chi connectivity index (χ2v) is 4.56. The van der Waals surface area contributed by atoms with Gasteiger partial charge >= 0.3 is 5.97 Å². The first-order valence-electron chi connectivity index (χ1n) is 6.58. The summed E-state index contributed by atoms with van der Waals surface area (Å²) < 4.78 is 18.0. The summed E-state index contributed by atoms with van der Waals surface area (Å²) in [5, 5.41) is 21.1. The summed E-state index contributed by atoms with van der Waals surface area (Å²) in [6.07, 6.45) is -0.150. The molecule has 0 aromatic heterocycles. The number of carboxylic acids is 1. The van der Waals surface area contributed by atoms with Crippen LogP contribution in [-0.4, -0.2) is 41.3 Å². The Hall–Kier alpha value is -2.25. The number of aliphatic hydroxyl groups is 1. The first-order valence-corrected chi connectivity index (χ1v) is 6.58. The van der Waals surface area contributed by atoms with Gasteiger partial charge in [0.15, 0.2) is 6.04 Å². The summed E-state index contributed by atoms with van der Waals surface area (Å²) >= 11 is 0. The van der Waals surface area contributed by atoms with E-state index in [0.29, 0.717) is 0 Å². The Morgan fingerprint density at radius 3 is 2.77 bits per heavy atom. The van der Waals surface area contributed by atoms with Gasteiger partial charge in [-0.25, -0.2) is 9.18 Å². The van der Waals surface area contributed by atoms with Crippen molar-refractivity contribution in [1.29, 1.82) is 0 Å². The molecular formula is C15H18FNO5. The third-order valence-corrected chi connectivity index (χ3v) is 2.77. The summed E-state index contributed by atoms with van der Waals surface area (Å²) in [5.74, 6) is -2.46. The topological polar surface area (TPSA) is 95.9 Å². The Bertz CT molecular complexity index is 534. The standard InChI is InChI=1S/C15H18FNO5/c1-2-6-22-9-12(15(20)21)17-14(19)8-13(18)10-4-3-5-11(16)7-10/h2-5,7,12-13,18H,1,6,8-9H2,(H,17,19)(H,20,21). The maximum atomic E-state index is 13.0. The van der Waals surface area contributed by atoms with Crippen molar-refractivity contribution in [3.8, 4) is 0 Å². The molecule has 0 aliphatic rings. The number of ether oxygens (including phenoxy) is 1. The first-order chi connectivity index (χ1) is 10.4. The van der Waals surface area contributed by atoms with E-state index in [9.17, 15) is 19.1 Å². The van der Waals surface area contributed by atoms with E-state index in [2.05, 4.69) is 11.9 Å². The third-order valence-electron chi connectivity index (χ3n) is 2.77. The molecule has 2 atom stereocenters. The summed E-state index contributed by atoms with van der Waals surface area (Å²) in [7, 11) is 0. The Morgan fingerprint density at radius 1 is 1.45 bits per heavy atom. The average molecular weight is 311 g/mol. The minimum atomic E-state index is -1.25. The van der Waals surface area contributed by atoms with Gasteiger partial charge in [-0.3, -0.25) is 4.79 Å². The van der Waals surface area contributed by atoms with Crippen LogP contribution in [-0.2, 0) is 14.3 Å². The average Bonchev–Trinajstić information content (AvgIpc) is 2.46. The highest BCUT2D eigenvalue weighted by Crippen LogP contribution is 2.17. The second kappa shape index (κ2) is 8.91. The maximum Gasteiger partial charge on any atom is 0.328 e. The van der Waals surface area contributed by atoms with Crippen molar-refractivity contribution in [3.63, 3.8) is 0 Å². The Kier molecular flexibility index (Phi) is 7.21. The third kappa shape index (κ3) is 6.02. The van der Waals surface area contributed by atoms with Crippen LogP contribution in [0.25, 0.3) is 0 Å². The molecule has 1 rings (SSSR count). The van der Waals surface area contributed by atoms with Crippen molar-refractivity contribution < 1.29 is 28.9 Å². The fraction of sp³-hybridized carbons (Fsp3) is 0.333. The first kappa shape index (κ1) is 17.8. The van der Waals surface area contributed by atoms with Gasteiger partial charge in [0.05, 0.1) is 25.7 Å². The molecule has 3 N–H and O–H groups in total. The molecule has 0 radical (unpaired) electrons. The Balaban J connectivity index is 2.55. The molecule has 0 spiro atoms. The molecule has 6 nitrogen and oxygen atoms in total. The van der Waals surface area contributed by atoms with Crippen molar-refractivity contribution in [3.05, 3.63) is 48.3 Å². The maximum absolute atomic E-state index is 13.0. The molecule has 0 saturated carbocycles. The van der Waals surface area contributed by atoms with Crippen molar-refractivity contribution >= 4 is 11.9 Å². The lowest BCUT2D eigenvalue weighted by molar-refractivity contribution is -0.143. The highest BCUT2D eigenvalue weighted by atomic mass is 19.1. The van der Waals surface area contributed by atoms with Gasteiger partial charge in [0.1, 0.15) is 5.82 Å². The number of hydrogen-bond acceptors (Lipinski definition) is 4. The molecule has 0 aliphatic carbocycles. The van der Waals surface area contributed by atoms with E-state index in [1.165, 1.54) is 24.3 Å². The van der Waals surface area contributed by atoms with Gasteiger partial charge in [-0.15, -0.1) is 6.58 Å². The molecule has 1 amide bonds. The molecule has 0 saturated heterocycles. The van der Waals surface area contributed by atoms with Gasteiger partial charge < -0.3 is 20.3 Å². The SMILES string of the molecule is C=CCOCC(NC(=O)CC(O)c1cccc(F)c1)C(=O)O. The smallest absolute Gasteiger partial charge is 0.328 e. The van der Waals surface area contributed by atoms with Crippen LogP contribution in [0.1, 0.15) is 18.1 Å². The molecule has 22 heavy (non-hydrogen) atoms. The zero-order chi connectivity index (χ0) is 16.5. The van der Waals surface area contributed by atoms with Crippen molar-refractivity contribution in [1.82, 2.24) is 5.32 Å². The number of benzene rings is 1. The summed E-state index contributed by atoms with van der Waals surface area (Å²) in [6, 6.07) is 3.98. The predicted octanol–water partition coefficient (Wildman–Crippen LogP) is 1.02. The fourth-order valence-corrected chi connectivity index (χ4v) is 1.70. The minimum Gasteiger partial charge on any atom is -0.480 e. The number of carbonyl (C=O) groups is 2. The van der Waals surface area contributed by atoms with E-state index in [4.69, 9.17) is 9.84 Å². The predicted molar refractivity (Wildman–Crippen MR) is 76.6 cm³/mol. The zero-order valence-corrected chi connectivity index (χ0v) is 11.9. The molecule has 0 heterocycles. The lowest BCUT2D eigenvalue weighted by atomic mass is 10.1. The normalized spacial score (nSPS) is 13.2. The van der Waals surface area contributed by atoms with Gasteiger partial charge in [-0.1, -0.05) is 18.2 Å². The van der Waals surface area contributed by atoms with Crippen LogP contribution in [0.15, 0.2) is 36.9 Å². The summed E-state index contributed by atoms with van der Waals surface area (Å²) in [6.45, 7) is 3.36. The molecule has 0 aliphatic heterocycles. The van der Waals surface area contributed by atoms with Crippen LogP contribution >= 0.6 is 0 Å². The molecule has 2 unspecified atom stereocenters. The Morgan fingerprint density at radius 2 is 2.18 bits per heavy atom. The minimum absolute atomic E-state index is 0.158. The second-order valence-electron chi connectivity index (χ2n) is 4.56. The van der Waals surface area contributed by atoms with Crippen molar-refractivity contribution in [2.24, 2.45) is 0 Å². The summed E-state index contributed by atoms with van der Waals surface area (Å²) in [5.41, 5.74) is 0.241. The van der Waals surface area contributed by atoms with Gasteiger partial charge in [-0.05, 0) is 17.7 Å². The van der Waals surface area contributed by atoms with Gasteiger partial charge in [0.25, 0.3) is 0 Å². The largest absolute Gasteiger partial charge is 0.480 e. The van der Waals surface area contributed by atoms with E-state index in [0.717, 1.165) is 6.07 Å². The number of carbonyl (C=O) groups excluding carboxylic acids is 1. The highest BCUT2D eigenvalue weighted by molar-refractivity contribution is 5.83. The van der Waals surface area contributed by atoms with Gasteiger partial charge in [0, 0.05) is 0 Å². The summed E-state index contributed by atoms with van der Waals surface area (Å²) in [4.78, 5) is 22.8. The van der Waals surface area contributed by atoms with Crippen LogP contribution in [0.4, 0.5) is 4.39 Å².